The summed E-state index contributed by atoms with van der Waals surface area (Å²) in [6.07, 6.45) is -0.631. The van der Waals surface area contributed by atoms with E-state index in [0.29, 0.717) is 13.1 Å². The molecule has 5 heteroatoms. The summed E-state index contributed by atoms with van der Waals surface area (Å²) in [5.74, 6) is 0.748. The molecular formula is C18H24ClNO3. The molecule has 0 aliphatic carbocycles. The van der Waals surface area contributed by atoms with Gasteiger partial charge in [-0.2, -0.15) is 0 Å². The summed E-state index contributed by atoms with van der Waals surface area (Å²) in [5.41, 5.74) is 2.15. The summed E-state index contributed by atoms with van der Waals surface area (Å²) in [7, 11) is 0. The number of hydrogen-bond acceptors (Lipinski definition) is 4. The molecule has 0 heterocycles. The fraction of sp³-hybridized carbons (Fsp3) is 0.333. The minimum Gasteiger partial charge on any atom is -0.491 e. The monoisotopic (exact) mass is 337 g/mol. The lowest BCUT2D eigenvalue weighted by Gasteiger charge is -2.26. The number of ether oxygens (including phenoxy) is 1. The third-order valence-electron chi connectivity index (χ3n) is 3.39. The van der Waals surface area contributed by atoms with Crippen LogP contribution >= 0.6 is 12.4 Å². The molecule has 0 aromatic heterocycles. The number of aliphatic hydroxyl groups excluding tert-OH is 2. The second kappa shape index (κ2) is 10.1. The number of nitrogens with zero attached hydrogens (tertiary/aromatic N) is 1. The van der Waals surface area contributed by atoms with Crippen LogP contribution in [0.4, 0.5) is 5.69 Å². The van der Waals surface area contributed by atoms with E-state index >= 15 is 0 Å². The van der Waals surface area contributed by atoms with Gasteiger partial charge in [0.2, 0.25) is 0 Å². The molecule has 0 saturated carbocycles. The van der Waals surface area contributed by atoms with Crippen LogP contribution in [0.5, 0.6) is 5.75 Å². The van der Waals surface area contributed by atoms with E-state index in [1.165, 1.54) is 5.56 Å². The Morgan fingerprint density at radius 3 is 2.30 bits per heavy atom. The van der Waals surface area contributed by atoms with Crippen LogP contribution in [0.2, 0.25) is 0 Å². The van der Waals surface area contributed by atoms with Gasteiger partial charge in [0.15, 0.2) is 0 Å². The third kappa shape index (κ3) is 6.48. The van der Waals surface area contributed by atoms with E-state index in [9.17, 15) is 10.2 Å². The molecule has 0 radical (unpaired) electrons. The number of halogens is 1. The van der Waals surface area contributed by atoms with Crippen LogP contribution in [0, 0.1) is 6.92 Å². The standard InChI is InChI=1S/C18H23NO3.ClH/c1-15-7-9-18(10-8-15)22-14-17(21)13-19(11-12-20)16-5-3-2-4-6-16;/h2-10,17,20-21H,11-14H2,1H3;1H. The van der Waals surface area contributed by atoms with Crippen LogP contribution in [0.1, 0.15) is 5.56 Å². The second-order valence-corrected chi connectivity index (χ2v) is 5.28. The lowest BCUT2D eigenvalue weighted by Crippen LogP contribution is -2.37. The summed E-state index contributed by atoms with van der Waals surface area (Å²) in [5, 5.41) is 19.4. The van der Waals surface area contributed by atoms with Gasteiger partial charge in [0, 0.05) is 18.8 Å². The van der Waals surface area contributed by atoms with Crippen molar-refractivity contribution in [2.75, 3.05) is 31.2 Å². The maximum absolute atomic E-state index is 10.2. The van der Waals surface area contributed by atoms with Gasteiger partial charge in [0.1, 0.15) is 18.5 Å². The summed E-state index contributed by atoms with van der Waals surface area (Å²) < 4.78 is 5.60. The molecule has 2 rings (SSSR count). The van der Waals surface area contributed by atoms with Crippen LogP contribution in [-0.2, 0) is 0 Å². The molecule has 23 heavy (non-hydrogen) atoms. The fourth-order valence-corrected chi connectivity index (χ4v) is 2.22. The maximum Gasteiger partial charge on any atom is 0.119 e. The van der Waals surface area contributed by atoms with Crippen molar-refractivity contribution in [3.05, 3.63) is 60.2 Å². The average molecular weight is 338 g/mol. The predicted molar refractivity (Wildman–Crippen MR) is 95.7 cm³/mol. The Morgan fingerprint density at radius 1 is 1.04 bits per heavy atom. The highest BCUT2D eigenvalue weighted by Gasteiger charge is 2.12. The van der Waals surface area contributed by atoms with Crippen molar-refractivity contribution in [3.63, 3.8) is 0 Å². The molecule has 0 aliphatic heterocycles. The summed E-state index contributed by atoms with van der Waals surface area (Å²) in [4.78, 5) is 1.95. The number of anilines is 1. The van der Waals surface area contributed by atoms with E-state index in [1.54, 1.807) is 0 Å². The Kier molecular flexibility index (Phi) is 8.48. The first-order chi connectivity index (χ1) is 10.7. The average Bonchev–Trinajstić information content (AvgIpc) is 2.55. The maximum atomic E-state index is 10.2. The van der Waals surface area contributed by atoms with Gasteiger partial charge in [0.25, 0.3) is 0 Å². The molecule has 2 aromatic carbocycles. The topological polar surface area (TPSA) is 52.9 Å². The van der Waals surface area contributed by atoms with E-state index in [-0.39, 0.29) is 25.6 Å². The molecule has 0 fully saturated rings. The highest BCUT2D eigenvalue weighted by atomic mass is 35.5. The Labute approximate surface area is 143 Å². The van der Waals surface area contributed by atoms with Crippen molar-refractivity contribution < 1.29 is 14.9 Å². The van der Waals surface area contributed by atoms with Gasteiger partial charge < -0.3 is 19.8 Å². The Hall–Kier alpha value is -1.75. The van der Waals surface area contributed by atoms with Crippen molar-refractivity contribution in [1.29, 1.82) is 0 Å². The van der Waals surface area contributed by atoms with Gasteiger partial charge in [-0.05, 0) is 31.2 Å². The molecule has 0 saturated heterocycles. The first-order valence-corrected chi connectivity index (χ1v) is 7.47. The minimum atomic E-state index is -0.631. The van der Waals surface area contributed by atoms with Gasteiger partial charge in [-0.3, -0.25) is 0 Å². The predicted octanol–water partition coefficient (Wildman–Crippen LogP) is 2.66. The number of para-hydroxylation sites is 1. The van der Waals surface area contributed by atoms with Crippen molar-refractivity contribution >= 4 is 18.1 Å². The molecule has 2 N–H and O–H groups in total. The first kappa shape index (κ1) is 19.3. The van der Waals surface area contributed by atoms with Crippen LogP contribution in [-0.4, -0.2) is 42.6 Å². The second-order valence-electron chi connectivity index (χ2n) is 5.28. The Balaban J connectivity index is 0.00000264. The molecule has 1 unspecified atom stereocenters. The lowest BCUT2D eigenvalue weighted by molar-refractivity contribution is 0.111. The largest absolute Gasteiger partial charge is 0.491 e. The molecule has 4 nitrogen and oxygen atoms in total. The molecule has 0 amide bonds. The SMILES string of the molecule is Cc1ccc(OCC(O)CN(CCO)c2ccccc2)cc1.Cl. The van der Waals surface area contributed by atoms with Crippen LogP contribution in [0.25, 0.3) is 0 Å². The van der Waals surface area contributed by atoms with Crippen molar-refractivity contribution in [3.8, 4) is 5.75 Å². The minimum absolute atomic E-state index is 0. The number of aliphatic hydroxyl groups is 2. The number of hydrogen-bond donors (Lipinski definition) is 2. The Morgan fingerprint density at radius 2 is 1.70 bits per heavy atom. The van der Waals surface area contributed by atoms with Crippen LogP contribution < -0.4 is 9.64 Å². The lowest BCUT2D eigenvalue weighted by atomic mass is 10.2. The molecule has 1 atom stereocenters. The molecule has 0 aliphatic rings. The van der Waals surface area contributed by atoms with Gasteiger partial charge in [-0.1, -0.05) is 35.9 Å². The number of aryl methyl sites for hydroxylation is 1. The van der Waals surface area contributed by atoms with Crippen LogP contribution in [0.3, 0.4) is 0 Å². The van der Waals surface area contributed by atoms with E-state index in [0.717, 1.165) is 11.4 Å². The summed E-state index contributed by atoms with van der Waals surface area (Å²) >= 11 is 0. The van der Waals surface area contributed by atoms with E-state index < -0.39 is 6.10 Å². The van der Waals surface area contributed by atoms with Gasteiger partial charge >= 0.3 is 0 Å². The van der Waals surface area contributed by atoms with Crippen LogP contribution in [0.15, 0.2) is 54.6 Å². The molecule has 0 bridgehead atoms. The van der Waals surface area contributed by atoms with Gasteiger partial charge in [-0.25, -0.2) is 0 Å². The Bertz CT molecular complexity index is 548. The zero-order valence-corrected chi connectivity index (χ0v) is 14.1. The molecule has 0 spiro atoms. The fourth-order valence-electron chi connectivity index (χ4n) is 2.22. The zero-order valence-electron chi connectivity index (χ0n) is 13.3. The quantitative estimate of drug-likeness (QED) is 0.777. The van der Waals surface area contributed by atoms with Crippen molar-refractivity contribution in [2.45, 2.75) is 13.0 Å². The van der Waals surface area contributed by atoms with E-state index in [2.05, 4.69) is 0 Å². The third-order valence-corrected chi connectivity index (χ3v) is 3.39. The van der Waals surface area contributed by atoms with Crippen molar-refractivity contribution in [2.24, 2.45) is 0 Å². The highest BCUT2D eigenvalue weighted by molar-refractivity contribution is 5.85. The van der Waals surface area contributed by atoms with Gasteiger partial charge in [-0.15, -0.1) is 12.4 Å². The molecule has 2 aromatic rings. The van der Waals surface area contributed by atoms with Gasteiger partial charge in [0.05, 0.1) is 6.61 Å². The normalized spacial score (nSPS) is 11.4. The molecule has 126 valence electrons. The number of rotatable bonds is 8. The number of benzene rings is 2. The summed E-state index contributed by atoms with van der Waals surface area (Å²) in [6, 6.07) is 17.5. The molecular weight excluding hydrogens is 314 g/mol. The van der Waals surface area contributed by atoms with Crippen molar-refractivity contribution in [1.82, 2.24) is 0 Å². The summed E-state index contributed by atoms with van der Waals surface area (Å²) in [6.45, 7) is 3.17. The highest BCUT2D eigenvalue weighted by Crippen LogP contribution is 2.15. The smallest absolute Gasteiger partial charge is 0.119 e. The van der Waals surface area contributed by atoms with E-state index in [1.807, 2.05) is 66.4 Å². The first-order valence-electron chi connectivity index (χ1n) is 7.47. The zero-order chi connectivity index (χ0) is 15.8. The van der Waals surface area contributed by atoms with E-state index in [4.69, 9.17) is 4.74 Å².